The van der Waals surface area contributed by atoms with Crippen LogP contribution in [0.1, 0.15) is 17.4 Å². The first kappa shape index (κ1) is 25.3. The van der Waals surface area contributed by atoms with Crippen LogP contribution in [-0.2, 0) is 6.42 Å². The number of hydrogen-bond acceptors (Lipinski definition) is 5. The van der Waals surface area contributed by atoms with E-state index >= 15 is 0 Å². The van der Waals surface area contributed by atoms with Crippen LogP contribution < -0.4 is 5.56 Å². The van der Waals surface area contributed by atoms with Crippen LogP contribution in [0.4, 0.5) is 8.78 Å². The summed E-state index contributed by atoms with van der Waals surface area (Å²) in [7, 11) is 0. The van der Waals surface area contributed by atoms with E-state index in [0.717, 1.165) is 11.1 Å². The van der Waals surface area contributed by atoms with E-state index in [-0.39, 0.29) is 17.2 Å². The fraction of sp³-hybridized carbons (Fsp3) is 0.0690. The van der Waals surface area contributed by atoms with Crippen molar-refractivity contribution in [2.75, 3.05) is 0 Å². The van der Waals surface area contributed by atoms with Gasteiger partial charge in [-0.2, -0.15) is 4.68 Å². The molecule has 0 saturated heterocycles. The number of aromatic amines is 1. The number of pyridine rings is 1. The number of nitrogens with zero attached hydrogens (tertiary/aromatic N) is 6. The molecule has 0 amide bonds. The van der Waals surface area contributed by atoms with E-state index < -0.39 is 6.04 Å². The smallest absolute Gasteiger partial charge is 0.251 e. The summed E-state index contributed by atoms with van der Waals surface area (Å²) in [6, 6.07) is 20.2. The Labute approximate surface area is 231 Å². The van der Waals surface area contributed by atoms with Crippen LogP contribution in [0.5, 0.6) is 0 Å². The highest BCUT2D eigenvalue weighted by Crippen LogP contribution is 2.30. The normalized spacial score (nSPS) is 12.0. The van der Waals surface area contributed by atoms with Crippen molar-refractivity contribution in [1.29, 1.82) is 0 Å². The highest BCUT2D eigenvalue weighted by atomic mass is 35.5. The molecule has 3 aromatic carbocycles. The van der Waals surface area contributed by atoms with Gasteiger partial charge in [0.05, 0.1) is 23.6 Å². The fourth-order valence-electron chi connectivity index (χ4n) is 4.58. The molecule has 0 radical (unpaired) electrons. The van der Waals surface area contributed by atoms with Crippen LogP contribution in [0, 0.1) is 11.6 Å². The van der Waals surface area contributed by atoms with Gasteiger partial charge < -0.3 is 9.55 Å². The van der Waals surface area contributed by atoms with E-state index in [4.69, 9.17) is 11.6 Å². The molecule has 1 N–H and O–H groups in total. The summed E-state index contributed by atoms with van der Waals surface area (Å²) in [5.74, 6) is -0.166. The van der Waals surface area contributed by atoms with Crippen LogP contribution in [0.15, 0.2) is 102 Å². The van der Waals surface area contributed by atoms with Gasteiger partial charge in [0.15, 0.2) is 0 Å². The predicted octanol–water partition coefficient (Wildman–Crippen LogP) is 5.64. The van der Waals surface area contributed by atoms with Gasteiger partial charge >= 0.3 is 0 Å². The molecule has 198 valence electrons. The van der Waals surface area contributed by atoms with Crippen LogP contribution in [-0.4, -0.2) is 34.7 Å². The molecule has 0 saturated carbocycles. The Bertz CT molecular complexity index is 1830. The van der Waals surface area contributed by atoms with Gasteiger partial charge in [0.1, 0.15) is 23.8 Å². The molecule has 0 aliphatic rings. The van der Waals surface area contributed by atoms with Gasteiger partial charge in [-0.15, -0.1) is 5.10 Å². The van der Waals surface area contributed by atoms with E-state index in [1.54, 1.807) is 59.4 Å². The minimum atomic E-state index is -0.542. The van der Waals surface area contributed by atoms with Crippen molar-refractivity contribution in [3.8, 4) is 28.1 Å². The maximum absolute atomic E-state index is 13.6. The highest BCUT2D eigenvalue weighted by molar-refractivity contribution is 6.31. The molecule has 3 aromatic heterocycles. The number of hydrogen-bond donors (Lipinski definition) is 1. The summed E-state index contributed by atoms with van der Waals surface area (Å²) in [5.41, 5.74) is 3.92. The highest BCUT2D eigenvalue weighted by Gasteiger charge is 2.21. The van der Waals surface area contributed by atoms with Gasteiger partial charge in [-0.25, -0.2) is 13.8 Å². The second-order valence-corrected chi connectivity index (χ2v) is 9.55. The van der Waals surface area contributed by atoms with Crippen molar-refractivity contribution in [1.82, 2.24) is 34.7 Å². The molecule has 0 spiro atoms. The van der Waals surface area contributed by atoms with Crippen molar-refractivity contribution < 1.29 is 8.78 Å². The Morgan fingerprint density at radius 1 is 0.900 bits per heavy atom. The van der Waals surface area contributed by atoms with Gasteiger partial charge in [-0.05, 0) is 87.8 Å². The summed E-state index contributed by atoms with van der Waals surface area (Å²) < 4.78 is 30.1. The topological polar surface area (TPSA) is 94.3 Å². The van der Waals surface area contributed by atoms with E-state index in [0.29, 0.717) is 39.8 Å². The van der Waals surface area contributed by atoms with Crippen LogP contribution in [0.25, 0.3) is 28.1 Å². The first-order chi connectivity index (χ1) is 19.4. The lowest BCUT2D eigenvalue weighted by molar-refractivity contribution is 0.536. The Hall–Kier alpha value is -4.96. The maximum Gasteiger partial charge on any atom is 0.251 e. The summed E-state index contributed by atoms with van der Waals surface area (Å²) >= 11 is 6.29. The Morgan fingerprint density at radius 3 is 2.35 bits per heavy atom. The summed E-state index contributed by atoms with van der Waals surface area (Å²) in [5, 5.41) is 11.9. The molecule has 8 nitrogen and oxygen atoms in total. The Kier molecular flexibility index (Phi) is 6.75. The standard InChI is InChI=1S/C29H20ClF2N7O/c30-21-5-10-26(39-17-34-36-37-39)24(15-21)20-11-12-38(28(40)14-20)27(13-18-1-6-22(31)7-2-18)29-33-16-25(35-29)19-3-8-23(32)9-4-19/h1-12,14-17,27H,13H2,(H,33,35)/t27-/m0/s1. The molecule has 0 bridgehead atoms. The average Bonchev–Trinajstić information content (AvgIpc) is 3.67. The third-order valence-corrected chi connectivity index (χ3v) is 6.79. The third kappa shape index (κ3) is 5.16. The minimum absolute atomic E-state index is 0.285. The summed E-state index contributed by atoms with van der Waals surface area (Å²) in [6.07, 6.45) is 5.16. The van der Waals surface area contributed by atoms with Crippen molar-refractivity contribution in [3.05, 3.63) is 136 Å². The fourth-order valence-corrected chi connectivity index (χ4v) is 4.75. The number of tetrazole rings is 1. The minimum Gasteiger partial charge on any atom is -0.340 e. The van der Waals surface area contributed by atoms with E-state index in [9.17, 15) is 13.6 Å². The summed E-state index contributed by atoms with van der Waals surface area (Å²) in [6.45, 7) is 0. The molecule has 40 heavy (non-hydrogen) atoms. The molecular formula is C29H20ClF2N7O. The number of rotatable bonds is 7. The maximum atomic E-state index is 13.6. The lowest BCUT2D eigenvalue weighted by Gasteiger charge is -2.19. The Morgan fingerprint density at radius 2 is 1.65 bits per heavy atom. The first-order valence-electron chi connectivity index (χ1n) is 12.3. The Balaban J connectivity index is 1.41. The van der Waals surface area contributed by atoms with Gasteiger partial charge in [0.2, 0.25) is 0 Å². The number of nitrogens with one attached hydrogen (secondary N) is 1. The van der Waals surface area contributed by atoms with Crippen molar-refractivity contribution >= 4 is 11.6 Å². The van der Waals surface area contributed by atoms with E-state index in [2.05, 4.69) is 25.5 Å². The van der Waals surface area contributed by atoms with Crippen molar-refractivity contribution in [2.24, 2.45) is 0 Å². The lowest BCUT2D eigenvalue weighted by atomic mass is 10.0. The number of aromatic nitrogens is 7. The number of imidazole rings is 1. The molecular weight excluding hydrogens is 536 g/mol. The van der Waals surface area contributed by atoms with Gasteiger partial charge in [0.25, 0.3) is 5.56 Å². The number of halogens is 3. The molecule has 0 aliphatic heterocycles. The quantitative estimate of drug-likeness (QED) is 0.275. The van der Waals surface area contributed by atoms with Crippen molar-refractivity contribution in [2.45, 2.75) is 12.5 Å². The zero-order chi connectivity index (χ0) is 27.6. The zero-order valence-corrected chi connectivity index (χ0v) is 21.5. The second-order valence-electron chi connectivity index (χ2n) is 9.11. The average molecular weight is 556 g/mol. The van der Waals surface area contributed by atoms with E-state index in [1.807, 2.05) is 6.07 Å². The van der Waals surface area contributed by atoms with Crippen LogP contribution in [0.2, 0.25) is 5.02 Å². The monoisotopic (exact) mass is 555 g/mol. The lowest BCUT2D eigenvalue weighted by Crippen LogP contribution is -2.27. The summed E-state index contributed by atoms with van der Waals surface area (Å²) in [4.78, 5) is 21.4. The number of benzene rings is 3. The number of H-pyrrole nitrogens is 1. The molecule has 0 fully saturated rings. The molecule has 11 heteroatoms. The first-order valence-corrected chi connectivity index (χ1v) is 12.6. The van der Waals surface area contributed by atoms with Gasteiger partial charge in [-0.1, -0.05) is 23.7 Å². The van der Waals surface area contributed by atoms with Gasteiger partial charge in [-0.3, -0.25) is 4.79 Å². The molecule has 3 heterocycles. The molecule has 0 aliphatic carbocycles. The van der Waals surface area contributed by atoms with Crippen molar-refractivity contribution in [3.63, 3.8) is 0 Å². The third-order valence-electron chi connectivity index (χ3n) is 6.56. The largest absolute Gasteiger partial charge is 0.340 e. The molecule has 6 rings (SSSR count). The van der Waals surface area contributed by atoms with Crippen LogP contribution >= 0.6 is 11.6 Å². The predicted molar refractivity (Wildman–Crippen MR) is 146 cm³/mol. The zero-order valence-electron chi connectivity index (χ0n) is 20.7. The second kappa shape index (κ2) is 10.7. The SMILES string of the molecule is O=c1cc(-c2cc(Cl)ccc2-n2cnnn2)ccn1[C@@H](Cc1ccc(F)cc1)c1ncc(-c2ccc(F)cc2)[nH]1. The molecule has 1 atom stereocenters. The van der Waals surface area contributed by atoms with E-state index in [1.165, 1.54) is 41.3 Å². The van der Waals surface area contributed by atoms with Gasteiger partial charge in [0, 0.05) is 29.3 Å². The molecule has 0 unspecified atom stereocenters. The van der Waals surface area contributed by atoms with Crippen LogP contribution in [0.3, 0.4) is 0 Å². The molecule has 6 aromatic rings.